The van der Waals surface area contributed by atoms with E-state index < -0.39 is 0 Å². The zero-order valence-electron chi connectivity index (χ0n) is 15.5. The van der Waals surface area contributed by atoms with E-state index >= 15 is 0 Å². The first kappa shape index (κ1) is 23.8. The molecule has 0 unspecified atom stereocenters. The van der Waals surface area contributed by atoms with Crippen molar-refractivity contribution in [2.45, 2.75) is 18.6 Å². The number of carbonyl (C=O) groups is 1. The van der Waals surface area contributed by atoms with Gasteiger partial charge in [-0.3, -0.25) is 9.79 Å². The van der Waals surface area contributed by atoms with Crippen LogP contribution < -0.4 is 20.7 Å². The molecule has 0 atom stereocenters. The third kappa shape index (κ3) is 9.20. The molecule has 0 saturated heterocycles. The minimum absolute atomic E-state index is 0. The normalized spacial score (nSPS) is 11.3. The van der Waals surface area contributed by atoms with Gasteiger partial charge in [-0.1, -0.05) is 6.07 Å². The Kier molecular flexibility index (Phi) is 11.7. The van der Waals surface area contributed by atoms with Gasteiger partial charge < -0.3 is 20.7 Å². The molecule has 1 aromatic carbocycles. The number of guanidine groups is 1. The van der Waals surface area contributed by atoms with Crippen LogP contribution in [-0.2, 0) is 0 Å². The number of thioether (sulfide) groups is 1. The van der Waals surface area contributed by atoms with Crippen molar-refractivity contribution in [2.75, 3.05) is 40.0 Å². The maximum atomic E-state index is 12.1. The van der Waals surface area contributed by atoms with Gasteiger partial charge in [-0.25, -0.2) is 0 Å². The Morgan fingerprint density at radius 2 is 1.92 bits per heavy atom. The van der Waals surface area contributed by atoms with Crippen molar-refractivity contribution in [1.29, 1.82) is 0 Å². The van der Waals surface area contributed by atoms with Crippen molar-refractivity contribution >= 4 is 47.6 Å². The molecule has 1 amide bonds. The second-order valence-corrected chi connectivity index (χ2v) is 7.32. The smallest absolute Gasteiger partial charge is 0.251 e. The van der Waals surface area contributed by atoms with Crippen LogP contribution in [0.15, 0.2) is 29.3 Å². The lowest BCUT2D eigenvalue weighted by Gasteiger charge is -2.23. The summed E-state index contributed by atoms with van der Waals surface area (Å²) >= 11 is 1.80. The van der Waals surface area contributed by atoms with Gasteiger partial charge in [0.05, 0.1) is 7.11 Å². The van der Waals surface area contributed by atoms with E-state index in [1.54, 1.807) is 44.1 Å². The first-order valence-electron chi connectivity index (χ1n) is 7.84. The maximum absolute atomic E-state index is 12.1. The molecule has 25 heavy (non-hydrogen) atoms. The number of aliphatic imine (C=N–C) groups is 1. The Morgan fingerprint density at radius 3 is 2.52 bits per heavy atom. The number of carbonyl (C=O) groups excluding carboxylic acids is 1. The van der Waals surface area contributed by atoms with E-state index in [4.69, 9.17) is 4.74 Å². The number of ether oxygens (including phenoxy) is 1. The molecule has 0 aliphatic heterocycles. The fourth-order valence-electron chi connectivity index (χ4n) is 1.81. The molecule has 0 aliphatic rings. The molecule has 0 fully saturated rings. The van der Waals surface area contributed by atoms with Gasteiger partial charge in [-0.2, -0.15) is 11.8 Å². The maximum Gasteiger partial charge on any atom is 0.251 e. The summed E-state index contributed by atoms with van der Waals surface area (Å²) in [5.41, 5.74) is 0.582. The highest BCUT2D eigenvalue weighted by Crippen LogP contribution is 2.19. The summed E-state index contributed by atoms with van der Waals surface area (Å²) in [7, 11) is 3.31. The zero-order chi connectivity index (χ0) is 18.0. The topological polar surface area (TPSA) is 74.8 Å². The number of methoxy groups -OCH3 is 1. The summed E-state index contributed by atoms with van der Waals surface area (Å²) in [5, 5.41) is 9.34. The fourth-order valence-corrected chi connectivity index (χ4v) is 2.03. The number of hydrogen-bond acceptors (Lipinski definition) is 4. The third-order valence-corrected chi connectivity index (χ3v) is 4.74. The van der Waals surface area contributed by atoms with E-state index in [1.165, 1.54) is 0 Å². The molecule has 0 bridgehead atoms. The number of halogens is 1. The Balaban J connectivity index is 0.00000576. The minimum Gasteiger partial charge on any atom is -0.497 e. The van der Waals surface area contributed by atoms with Crippen molar-refractivity contribution in [3.63, 3.8) is 0 Å². The Hall–Kier alpha value is -1.16. The van der Waals surface area contributed by atoms with Crippen molar-refractivity contribution < 1.29 is 9.53 Å². The van der Waals surface area contributed by atoms with Crippen LogP contribution in [0.2, 0.25) is 0 Å². The number of nitrogens with one attached hydrogen (secondary N) is 3. The van der Waals surface area contributed by atoms with Gasteiger partial charge in [-0.15, -0.1) is 24.0 Å². The number of nitrogens with zero attached hydrogens (tertiary/aromatic N) is 1. The van der Waals surface area contributed by atoms with Crippen molar-refractivity contribution in [1.82, 2.24) is 16.0 Å². The van der Waals surface area contributed by atoms with Crippen LogP contribution in [0, 0.1) is 0 Å². The molecule has 1 rings (SSSR count). The van der Waals surface area contributed by atoms with Crippen molar-refractivity contribution in [2.24, 2.45) is 4.99 Å². The summed E-state index contributed by atoms with van der Waals surface area (Å²) in [4.78, 5) is 16.3. The van der Waals surface area contributed by atoms with Crippen molar-refractivity contribution in [3.05, 3.63) is 29.8 Å². The molecule has 0 heterocycles. The average molecular weight is 480 g/mol. The standard InChI is InChI=1S/C17H28N4O2S.HI/c1-17(2,24-5)12-21-16(18-3)20-10-9-19-15(22)13-7-6-8-14(11-13)23-4;/h6-8,11H,9-10,12H2,1-5H3,(H,19,22)(H2,18,20,21);1H. The second-order valence-electron chi connectivity index (χ2n) is 5.80. The molecule has 3 N–H and O–H groups in total. The summed E-state index contributed by atoms with van der Waals surface area (Å²) in [6, 6.07) is 7.08. The molecule has 0 aromatic heterocycles. The molecule has 0 aliphatic carbocycles. The average Bonchev–Trinajstić information content (AvgIpc) is 2.60. The quantitative estimate of drug-likeness (QED) is 0.231. The zero-order valence-corrected chi connectivity index (χ0v) is 18.7. The first-order valence-corrected chi connectivity index (χ1v) is 9.06. The highest BCUT2D eigenvalue weighted by molar-refractivity contribution is 14.0. The number of hydrogen-bond donors (Lipinski definition) is 3. The van der Waals surface area contributed by atoms with Crippen LogP contribution in [-0.4, -0.2) is 56.7 Å². The molecule has 0 spiro atoms. The SMILES string of the molecule is CN=C(NCCNC(=O)c1cccc(OC)c1)NCC(C)(C)SC.I. The molecule has 1 aromatic rings. The lowest BCUT2D eigenvalue weighted by Crippen LogP contribution is -2.45. The van der Waals surface area contributed by atoms with Crippen LogP contribution in [0.3, 0.4) is 0 Å². The third-order valence-electron chi connectivity index (χ3n) is 3.49. The lowest BCUT2D eigenvalue weighted by molar-refractivity contribution is 0.0954. The minimum atomic E-state index is -0.123. The van der Waals surface area contributed by atoms with Crippen LogP contribution in [0.1, 0.15) is 24.2 Å². The van der Waals surface area contributed by atoms with Gasteiger partial charge in [-0.05, 0) is 38.3 Å². The van der Waals surface area contributed by atoms with Gasteiger partial charge in [0.1, 0.15) is 5.75 Å². The largest absolute Gasteiger partial charge is 0.497 e. The summed E-state index contributed by atoms with van der Waals surface area (Å²) in [6.07, 6.45) is 2.09. The van der Waals surface area contributed by atoms with E-state index in [9.17, 15) is 4.79 Å². The Bertz CT molecular complexity index is 567. The highest BCUT2D eigenvalue weighted by atomic mass is 127. The molecular formula is C17H29IN4O2S. The molecule has 8 heteroatoms. The van der Waals surface area contributed by atoms with E-state index in [-0.39, 0.29) is 34.6 Å². The fraction of sp³-hybridized carbons (Fsp3) is 0.529. The van der Waals surface area contributed by atoms with E-state index in [2.05, 4.69) is 41.0 Å². The van der Waals surface area contributed by atoms with Gasteiger partial charge >= 0.3 is 0 Å². The van der Waals surface area contributed by atoms with Gasteiger partial charge in [0.2, 0.25) is 0 Å². The number of rotatable bonds is 8. The summed E-state index contributed by atoms with van der Waals surface area (Å²) in [5.74, 6) is 1.27. The van der Waals surface area contributed by atoms with Gasteiger partial charge in [0.15, 0.2) is 5.96 Å². The van der Waals surface area contributed by atoms with Crippen LogP contribution in [0.4, 0.5) is 0 Å². The summed E-state index contributed by atoms with van der Waals surface area (Å²) in [6.45, 7) is 6.25. The van der Waals surface area contributed by atoms with E-state index in [0.29, 0.717) is 24.4 Å². The Labute approximate surface area is 172 Å². The first-order chi connectivity index (χ1) is 11.4. The van der Waals surface area contributed by atoms with Crippen LogP contribution >= 0.6 is 35.7 Å². The Morgan fingerprint density at radius 1 is 1.24 bits per heavy atom. The van der Waals surface area contributed by atoms with Gasteiger partial charge in [0, 0.05) is 37.0 Å². The van der Waals surface area contributed by atoms with Crippen LogP contribution in [0.25, 0.3) is 0 Å². The summed E-state index contributed by atoms with van der Waals surface area (Å²) < 4.78 is 5.26. The second kappa shape index (κ2) is 12.2. The monoisotopic (exact) mass is 480 g/mol. The highest BCUT2D eigenvalue weighted by Gasteiger charge is 2.16. The van der Waals surface area contributed by atoms with E-state index in [1.807, 2.05) is 6.07 Å². The predicted molar refractivity (Wildman–Crippen MR) is 118 cm³/mol. The molecule has 0 radical (unpaired) electrons. The van der Waals surface area contributed by atoms with E-state index in [0.717, 1.165) is 12.5 Å². The van der Waals surface area contributed by atoms with Crippen molar-refractivity contribution in [3.8, 4) is 5.75 Å². The number of benzene rings is 1. The van der Waals surface area contributed by atoms with Gasteiger partial charge in [0.25, 0.3) is 5.91 Å². The molecule has 6 nitrogen and oxygen atoms in total. The molecular weight excluding hydrogens is 451 g/mol. The number of amides is 1. The lowest BCUT2D eigenvalue weighted by atomic mass is 10.2. The predicted octanol–water partition coefficient (Wildman–Crippen LogP) is 2.35. The molecule has 0 saturated carbocycles. The van der Waals surface area contributed by atoms with Crippen LogP contribution in [0.5, 0.6) is 5.75 Å². The molecule has 142 valence electrons.